The summed E-state index contributed by atoms with van der Waals surface area (Å²) in [5.41, 5.74) is 2.05. The molecule has 0 bridgehead atoms. The maximum absolute atomic E-state index is 12.6. The third kappa shape index (κ3) is 3.18. The third-order valence-electron chi connectivity index (χ3n) is 5.34. The van der Waals surface area contributed by atoms with E-state index in [-0.39, 0.29) is 23.9 Å². The van der Waals surface area contributed by atoms with Crippen molar-refractivity contribution in [3.8, 4) is 0 Å². The van der Waals surface area contributed by atoms with Crippen molar-refractivity contribution in [1.82, 2.24) is 30.6 Å². The highest BCUT2D eigenvalue weighted by Crippen LogP contribution is 2.28. The van der Waals surface area contributed by atoms with Crippen molar-refractivity contribution in [3.05, 3.63) is 58.1 Å². The molecule has 4 heterocycles. The summed E-state index contributed by atoms with van der Waals surface area (Å²) < 4.78 is 0. The largest absolute Gasteiger partial charge is 0.349 e. The molecular weight excluding hydrogens is 427 g/mol. The van der Waals surface area contributed by atoms with E-state index in [1.165, 1.54) is 0 Å². The molecule has 0 aliphatic heterocycles. The van der Waals surface area contributed by atoms with Crippen LogP contribution in [0.25, 0.3) is 22.1 Å². The highest BCUT2D eigenvalue weighted by atomic mass is 35.5. The molecule has 0 spiro atoms. The number of carbonyl (C=O) groups excluding carboxylic acids is 2. The van der Waals surface area contributed by atoms with E-state index in [0.29, 0.717) is 56.1 Å². The Balaban J connectivity index is 1.21. The van der Waals surface area contributed by atoms with Gasteiger partial charge in [0.1, 0.15) is 11.3 Å². The lowest BCUT2D eigenvalue weighted by Gasteiger charge is -2.36. The first-order chi connectivity index (χ1) is 14.5. The molecule has 0 unspecified atom stereocenters. The molecule has 1 saturated carbocycles. The predicted octanol–water partition coefficient (Wildman–Crippen LogP) is 3.44. The second-order valence-corrected chi connectivity index (χ2v) is 8.06. The quantitative estimate of drug-likeness (QED) is 0.387. The highest BCUT2D eigenvalue weighted by Gasteiger charge is 2.33. The summed E-state index contributed by atoms with van der Waals surface area (Å²) in [6.07, 6.45) is 7.65. The predicted molar refractivity (Wildman–Crippen MR) is 114 cm³/mol. The molecule has 1 fully saturated rings. The van der Waals surface area contributed by atoms with Gasteiger partial charge in [-0.25, -0.2) is 9.97 Å². The molecule has 4 aromatic rings. The Labute approximate surface area is 180 Å². The number of H-pyrrole nitrogens is 2. The summed E-state index contributed by atoms with van der Waals surface area (Å²) >= 11 is 12.4. The minimum atomic E-state index is -0.222. The van der Waals surface area contributed by atoms with Gasteiger partial charge in [0.15, 0.2) is 0 Å². The molecule has 2 amide bonds. The smallest absolute Gasteiger partial charge is 0.253 e. The lowest BCUT2D eigenvalue weighted by atomic mass is 9.86. The van der Waals surface area contributed by atoms with Crippen LogP contribution in [0.3, 0.4) is 0 Å². The van der Waals surface area contributed by atoms with Gasteiger partial charge in [0.25, 0.3) is 11.8 Å². The zero-order valence-electron chi connectivity index (χ0n) is 15.5. The Kier molecular flexibility index (Phi) is 4.60. The monoisotopic (exact) mass is 442 g/mol. The molecule has 0 aromatic carbocycles. The van der Waals surface area contributed by atoms with Crippen molar-refractivity contribution in [3.63, 3.8) is 0 Å². The number of nitrogens with one attached hydrogen (secondary N) is 4. The standard InChI is InChI=1S/C20H16Cl2N6O2/c21-13-1-3-23-17-15(13)11(7-25-17)19(29)27-9-5-10(6-9)28-20(30)12-8-26-18-16(12)14(22)2-4-24-18/h1-4,7-10H,5-6H2,(H,23,25)(H,24,26)(H,27,29)(H,28,30). The van der Waals surface area contributed by atoms with Crippen LogP contribution in [0.5, 0.6) is 0 Å². The first-order valence-electron chi connectivity index (χ1n) is 9.36. The number of fused-ring (bicyclic) bond motifs is 2. The average molecular weight is 443 g/mol. The summed E-state index contributed by atoms with van der Waals surface area (Å²) in [5.74, 6) is -0.444. The number of amides is 2. The van der Waals surface area contributed by atoms with Crippen LogP contribution in [-0.2, 0) is 0 Å². The van der Waals surface area contributed by atoms with Gasteiger partial charge in [-0.3, -0.25) is 9.59 Å². The minimum absolute atomic E-state index is 0.0311. The second kappa shape index (κ2) is 7.30. The Hall–Kier alpha value is -3.10. The van der Waals surface area contributed by atoms with Gasteiger partial charge in [0.2, 0.25) is 0 Å². The fourth-order valence-electron chi connectivity index (χ4n) is 3.77. The van der Waals surface area contributed by atoms with E-state index < -0.39 is 0 Å². The number of nitrogens with zero attached hydrogens (tertiary/aromatic N) is 2. The second-order valence-electron chi connectivity index (χ2n) is 7.25. The number of aromatic amines is 2. The first kappa shape index (κ1) is 18.9. The van der Waals surface area contributed by atoms with E-state index in [2.05, 4.69) is 30.6 Å². The highest BCUT2D eigenvalue weighted by molar-refractivity contribution is 6.37. The number of carbonyl (C=O) groups is 2. The zero-order chi connectivity index (χ0) is 20.8. The van der Waals surface area contributed by atoms with Crippen LogP contribution in [0.15, 0.2) is 36.9 Å². The Bertz CT molecular complexity index is 1190. The number of pyridine rings is 2. The lowest BCUT2D eigenvalue weighted by Crippen LogP contribution is -2.53. The van der Waals surface area contributed by atoms with Crippen LogP contribution in [0.4, 0.5) is 0 Å². The fraction of sp³-hybridized carbons (Fsp3) is 0.200. The fourth-order valence-corrected chi connectivity index (χ4v) is 4.27. The lowest BCUT2D eigenvalue weighted by molar-refractivity contribution is 0.0864. The summed E-state index contributed by atoms with van der Waals surface area (Å²) in [6, 6.07) is 3.24. The van der Waals surface area contributed by atoms with E-state index in [1.54, 1.807) is 36.9 Å². The van der Waals surface area contributed by atoms with Crippen molar-refractivity contribution >= 4 is 57.1 Å². The SMILES string of the molecule is O=C(NC1CC(NC(=O)c2c[nH]c3nccc(Cl)c23)C1)c1c[nH]c2nccc(Cl)c12. The summed E-state index contributed by atoms with van der Waals surface area (Å²) in [5, 5.41) is 8.11. The Morgan fingerprint density at radius 3 is 1.70 bits per heavy atom. The van der Waals surface area contributed by atoms with E-state index in [1.807, 2.05) is 0 Å². The first-order valence-corrected chi connectivity index (χ1v) is 10.1. The molecule has 4 aromatic heterocycles. The molecule has 8 nitrogen and oxygen atoms in total. The number of hydrogen-bond acceptors (Lipinski definition) is 4. The summed E-state index contributed by atoms with van der Waals surface area (Å²) in [4.78, 5) is 39.5. The van der Waals surface area contributed by atoms with Crippen molar-refractivity contribution < 1.29 is 9.59 Å². The number of rotatable bonds is 4. The molecule has 4 N–H and O–H groups in total. The molecule has 5 rings (SSSR count). The number of halogens is 2. The summed E-state index contributed by atoms with van der Waals surface area (Å²) in [7, 11) is 0. The van der Waals surface area contributed by atoms with Gasteiger partial charge in [-0.1, -0.05) is 23.2 Å². The number of hydrogen-bond donors (Lipinski definition) is 4. The maximum Gasteiger partial charge on any atom is 0.253 e. The van der Waals surface area contributed by atoms with Gasteiger partial charge >= 0.3 is 0 Å². The van der Waals surface area contributed by atoms with Crippen LogP contribution in [0.2, 0.25) is 10.0 Å². The van der Waals surface area contributed by atoms with Gasteiger partial charge < -0.3 is 20.6 Å². The van der Waals surface area contributed by atoms with E-state index in [4.69, 9.17) is 23.2 Å². The molecule has 10 heteroatoms. The molecule has 1 aliphatic rings. The molecular formula is C20H16Cl2N6O2. The molecule has 0 saturated heterocycles. The van der Waals surface area contributed by atoms with Gasteiger partial charge in [-0.2, -0.15) is 0 Å². The van der Waals surface area contributed by atoms with Gasteiger partial charge in [-0.15, -0.1) is 0 Å². The van der Waals surface area contributed by atoms with Crippen LogP contribution >= 0.6 is 23.2 Å². The van der Waals surface area contributed by atoms with Crippen LogP contribution in [0, 0.1) is 0 Å². The third-order valence-corrected chi connectivity index (χ3v) is 5.97. The molecule has 0 radical (unpaired) electrons. The molecule has 30 heavy (non-hydrogen) atoms. The normalized spacial score (nSPS) is 18.3. The van der Waals surface area contributed by atoms with E-state index in [9.17, 15) is 9.59 Å². The molecule has 152 valence electrons. The van der Waals surface area contributed by atoms with E-state index in [0.717, 1.165) is 0 Å². The van der Waals surface area contributed by atoms with Crippen molar-refractivity contribution in [1.29, 1.82) is 0 Å². The zero-order valence-corrected chi connectivity index (χ0v) is 17.0. The minimum Gasteiger partial charge on any atom is -0.349 e. The van der Waals surface area contributed by atoms with E-state index >= 15 is 0 Å². The van der Waals surface area contributed by atoms with Crippen LogP contribution in [0.1, 0.15) is 33.6 Å². The van der Waals surface area contributed by atoms with Crippen molar-refractivity contribution in [2.45, 2.75) is 24.9 Å². The van der Waals surface area contributed by atoms with Crippen LogP contribution in [-0.4, -0.2) is 43.8 Å². The average Bonchev–Trinajstić information content (AvgIpc) is 3.32. The molecule has 1 aliphatic carbocycles. The van der Waals surface area contributed by atoms with Gasteiger partial charge in [0.05, 0.1) is 31.9 Å². The Morgan fingerprint density at radius 2 is 1.27 bits per heavy atom. The maximum atomic E-state index is 12.6. The topological polar surface area (TPSA) is 116 Å². The van der Waals surface area contributed by atoms with Crippen molar-refractivity contribution in [2.24, 2.45) is 0 Å². The summed E-state index contributed by atoms with van der Waals surface area (Å²) in [6.45, 7) is 0. The van der Waals surface area contributed by atoms with Crippen LogP contribution < -0.4 is 10.6 Å². The molecule has 0 atom stereocenters. The number of aromatic nitrogens is 4. The van der Waals surface area contributed by atoms with Gasteiger partial charge in [0, 0.05) is 36.9 Å². The van der Waals surface area contributed by atoms with Gasteiger partial charge in [-0.05, 0) is 25.0 Å². The Morgan fingerprint density at radius 1 is 0.833 bits per heavy atom. The van der Waals surface area contributed by atoms with Crippen molar-refractivity contribution in [2.75, 3.05) is 0 Å².